The van der Waals surface area contributed by atoms with Gasteiger partial charge in [-0.25, -0.2) is 0 Å². The number of hydrogen-bond donors (Lipinski definition) is 1. The minimum Gasteiger partial charge on any atom is -0.467 e. The van der Waals surface area contributed by atoms with E-state index in [0.717, 1.165) is 17.7 Å². The minimum atomic E-state index is -0.104. The van der Waals surface area contributed by atoms with E-state index in [1.165, 1.54) is 4.68 Å². The third kappa shape index (κ3) is 3.65. The Morgan fingerprint density at radius 1 is 1.29 bits per heavy atom. The summed E-state index contributed by atoms with van der Waals surface area (Å²) in [5.41, 5.74) is 0.795. The van der Waals surface area contributed by atoms with Gasteiger partial charge in [-0.3, -0.25) is 4.79 Å². The zero-order valence-corrected chi connectivity index (χ0v) is 14.0. The van der Waals surface area contributed by atoms with Gasteiger partial charge in [-0.15, -0.1) is 5.10 Å². The van der Waals surface area contributed by atoms with Gasteiger partial charge in [0.1, 0.15) is 5.76 Å². The Kier molecular flexibility index (Phi) is 4.96. The summed E-state index contributed by atoms with van der Waals surface area (Å²) in [6.07, 6.45) is 2.74. The summed E-state index contributed by atoms with van der Waals surface area (Å²) in [5, 5.41) is 8.09. The topological polar surface area (TPSA) is 73.0 Å². The van der Waals surface area contributed by atoms with Crippen LogP contribution in [-0.4, -0.2) is 20.7 Å². The lowest BCUT2D eigenvalue weighted by Gasteiger charge is -2.04. The molecule has 0 amide bonds. The van der Waals surface area contributed by atoms with Gasteiger partial charge in [0.05, 0.1) is 12.8 Å². The number of nitrogens with one attached hydrogen (secondary N) is 1. The summed E-state index contributed by atoms with van der Waals surface area (Å²) in [6, 6.07) is 10.8. The first kappa shape index (κ1) is 16.3. The molecule has 0 atom stereocenters. The van der Waals surface area contributed by atoms with E-state index in [4.69, 9.17) is 16.0 Å². The van der Waals surface area contributed by atoms with Crippen LogP contribution in [0.25, 0.3) is 11.4 Å². The number of benzene rings is 1. The van der Waals surface area contributed by atoms with Gasteiger partial charge in [0.15, 0.2) is 5.82 Å². The lowest BCUT2D eigenvalue weighted by Crippen LogP contribution is -2.16. The van der Waals surface area contributed by atoms with Gasteiger partial charge < -0.3 is 9.73 Å². The molecular weight excluding hydrogens is 328 g/mol. The SMILES string of the molecule is CCCC(=O)n1nc(-c2ccc(Cl)cc2)nc1NCc1ccco1. The van der Waals surface area contributed by atoms with Crippen molar-refractivity contribution in [1.82, 2.24) is 14.8 Å². The first-order valence-electron chi connectivity index (χ1n) is 7.70. The Morgan fingerprint density at radius 2 is 2.08 bits per heavy atom. The average Bonchev–Trinajstić information content (AvgIpc) is 3.23. The minimum absolute atomic E-state index is 0.104. The Morgan fingerprint density at radius 3 is 2.75 bits per heavy atom. The molecule has 0 radical (unpaired) electrons. The van der Waals surface area contributed by atoms with E-state index in [1.807, 2.05) is 31.2 Å². The molecule has 3 rings (SSSR count). The average molecular weight is 345 g/mol. The van der Waals surface area contributed by atoms with Gasteiger partial charge in [0.2, 0.25) is 11.9 Å². The summed E-state index contributed by atoms with van der Waals surface area (Å²) < 4.78 is 6.60. The van der Waals surface area contributed by atoms with Crippen molar-refractivity contribution in [2.45, 2.75) is 26.3 Å². The van der Waals surface area contributed by atoms with Crippen LogP contribution in [0.15, 0.2) is 47.1 Å². The number of anilines is 1. The standard InChI is InChI=1S/C17H17ClN4O2/c1-2-4-15(23)22-17(19-11-14-5-3-10-24-14)20-16(21-22)12-6-8-13(18)9-7-12/h3,5-10H,2,4,11H2,1H3,(H,19,20,21). The molecular formula is C17H17ClN4O2. The molecule has 124 valence electrons. The monoisotopic (exact) mass is 344 g/mol. The van der Waals surface area contributed by atoms with Crippen LogP contribution in [0.4, 0.5) is 5.95 Å². The molecule has 0 aliphatic heterocycles. The predicted octanol–water partition coefficient (Wildman–Crippen LogP) is 4.24. The highest BCUT2D eigenvalue weighted by Gasteiger charge is 2.16. The van der Waals surface area contributed by atoms with Gasteiger partial charge >= 0.3 is 0 Å². The number of aromatic nitrogens is 3. The summed E-state index contributed by atoms with van der Waals surface area (Å²) in [6.45, 7) is 2.37. The largest absolute Gasteiger partial charge is 0.467 e. The third-order valence-electron chi connectivity index (χ3n) is 3.41. The fourth-order valence-corrected chi connectivity index (χ4v) is 2.35. The molecule has 0 bridgehead atoms. The zero-order valence-electron chi connectivity index (χ0n) is 13.2. The van der Waals surface area contributed by atoms with E-state index < -0.39 is 0 Å². The van der Waals surface area contributed by atoms with Crippen LogP contribution in [0.2, 0.25) is 5.02 Å². The zero-order chi connectivity index (χ0) is 16.9. The molecule has 2 heterocycles. The Labute approximate surface area is 144 Å². The molecule has 24 heavy (non-hydrogen) atoms. The molecule has 0 saturated heterocycles. The van der Waals surface area contributed by atoms with Crippen LogP contribution >= 0.6 is 11.6 Å². The van der Waals surface area contributed by atoms with Crippen molar-refractivity contribution in [1.29, 1.82) is 0 Å². The highest BCUT2D eigenvalue weighted by molar-refractivity contribution is 6.30. The third-order valence-corrected chi connectivity index (χ3v) is 3.66. The number of rotatable bonds is 6. The van der Waals surface area contributed by atoms with Crippen molar-refractivity contribution in [3.05, 3.63) is 53.4 Å². The van der Waals surface area contributed by atoms with E-state index in [-0.39, 0.29) is 5.91 Å². The van der Waals surface area contributed by atoms with Crippen LogP contribution < -0.4 is 5.32 Å². The van der Waals surface area contributed by atoms with Gasteiger partial charge in [-0.05, 0) is 42.8 Å². The van der Waals surface area contributed by atoms with Gasteiger partial charge in [0, 0.05) is 17.0 Å². The Bertz CT molecular complexity index is 810. The number of furan rings is 1. The van der Waals surface area contributed by atoms with E-state index in [9.17, 15) is 4.79 Å². The van der Waals surface area contributed by atoms with Gasteiger partial charge in [0.25, 0.3) is 0 Å². The number of carbonyl (C=O) groups excluding carboxylic acids is 1. The molecule has 0 spiro atoms. The summed E-state index contributed by atoms with van der Waals surface area (Å²) in [4.78, 5) is 16.7. The maximum atomic E-state index is 12.3. The molecule has 0 unspecified atom stereocenters. The molecule has 0 aliphatic carbocycles. The number of nitrogens with zero attached hydrogens (tertiary/aromatic N) is 3. The quantitative estimate of drug-likeness (QED) is 0.723. The summed E-state index contributed by atoms with van der Waals surface area (Å²) in [7, 11) is 0. The fourth-order valence-electron chi connectivity index (χ4n) is 2.22. The van der Waals surface area contributed by atoms with Crippen LogP contribution in [0, 0.1) is 0 Å². The molecule has 0 aliphatic rings. The molecule has 0 fully saturated rings. The second kappa shape index (κ2) is 7.31. The van der Waals surface area contributed by atoms with E-state index >= 15 is 0 Å². The first-order valence-corrected chi connectivity index (χ1v) is 8.07. The van der Waals surface area contributed by atoms with E-state index in [2.05, 4.69) is 15.4 Å². The lowest BCUT2D eigenvalue weighted by atomic mass is 10.2. The molecule has 0 saturated carbocycles. The number of halogens is 1. The maximum absolute atomic E-state index is 12.3. The molecule has 2 aromatic heterocycles. The Hall–Kier alpha value is -2.60. The molecule has 3 aromatic rings. The summed E-state index contributed by atoms with van der Waals surface area (Å²) in [5.74, 6) is 1.51. The number of carbonyl (C=O) groups is 1. The van der Waals surface area contributed by atoms with Crippen molar-refractivity contribution in [2.24, 2.45) is 0 Å². The number of hydrogen-bond acceptors (Lipinski definition) is 5. The normalized spacial score (nSPS) is 10.8. The Balaban J connectivity index is 1.89. The highest BCUT2D eigenvalue weighted by atomic mass is 35.5. The predicted molar refractivity (Wildman–Crippen MR) is 92.0 cm³/mol. The van der Waals surface area contributed by atoms with Crippen molar-refractivity contribution in [3.8, 4) is 11.4 Å². The highest BCUT2D eigenvalue weighted by Crippen LogP contribution is 2.21. The van der Waals surface area contributed by atoms with Crippen LogP contribution in [0.5, 0.6) is 0 Å². The molecule has 6 nitrogen and oxygen atoms in total. The van der Waals surface area contributed by atoms with Gasteiger partial charge in [-0.2, -0.15) is 9.67 Å². The fraction of sp³-hybridized carbons (Fsp3) is 0.235. The lowest BCUT2D eigenvalue weighted by molar-refractivity contribution is 0.0888. The van der Waals surface area contributed by atoms with Crippen molar-refractivity contribution >= 4 is 23.5 Å². The second-order valence-electron chi connectivity index (χ2n) is 5.25. The van der Waals surface area contributed by atoms with Crippen LogP contribution in [0.3, 0.4) is 0 Å². The van der Waals surface area contributed by atoms with E-state index in [0.29, 0.717) is 29.8 Å². The molecule has 7 heteroatoms. The van der Waals surface area contributed by atoms with Crippen LogP contribution in [-0.2, 0) is 6.54 Å². The molecule has 1 aromatic carbocycles. The second-order valence-corrected chi connectivity index (χ2v) is 5.69. The van der Waals surface area contributed by atoms with Gasteiger partial charge in [-0.1, -0.05) is 18.5 Å². The maximum Gasteiger partial charge on any atom is 0.250 e. The van der Waals surface area contributed by atoms with Crippen molar-refractivity contribution in [2.75, 3.05) is 5.32 Å². The molecule has 1 N–H and O–H groups in total. The van der Waals surface area contributed by atoms with E-state index in [1.54, 1.807) is 18.4 Å². The smallest absolute Gasteiger partial charge is 0.250 e. The van der Waals surface area contributed by atoms with Crippen LogP contribution in [0.1, 0.15) is 30.3 Å². The first-order chi connectivity index (χ1) is 11.7. The summed E-state index contributed by atoms with van der Waals surface area (Å²) >= 11 is 5.91. The van der Waals surface area contributed by atoms with Crippen molar-refractivity contribution in [3.63, 3.8) is 0 Å². The van der Waals surface area contributed by atoms with Crippen molar-refractivity contribution < 1.29 is 9.21 Å².